The Bertz CT molecular complexity index is 2800. The summed E-state index contributed by atoms with van der Waals surface area (Å²) in [5.41, 5.74) is 7.61. The predicted octanol–water partition coefficient (Wildman–Crippen LogP) is 13.7. The van der Waals surface area contributed by atoms with Gasteiger partial charge in [0.15, 0.2) is 0 Å². The Morgan fingerprint density at radius 3 is 1.57 bits per heavy atom. The molecule has 0 aliphatic rings. The first-order valence-corrected chi connectivity index (χ1v) is 17.0. The van der Waals surface area contributed by atoms with Gasteiger partial charge in [0, 0.05) is 25.7 Å². The Hall–Kier alpha value is -5.76. The normalized spacial score (nSPS) is 11.8. The largest absolute Gasteiger partial charge is 0.134 e. The molecule has 9 aromatic carbocycles. The molecule has 0 atom stereocenters. The maximum Gasteiger partial charge on any atom is 0.0434 e. The molecule has 0 saturated heterocycles. The molecular weight excluding hydrogens is 585 g/mol. The standard InChI is InChI=1S/C46H28S/c1-2-13-31-27-33(24-23-29(31)11-1)32-14-9-15-34(28-32)43-36-17-5-7-19-38(36)44(39-20-8-6-18-37(39)43)42-22-10-21-40-41-26-25-30-12-3-4-16-35(30)45(41)47-46(40)42/h1-28H. The van der Waals surface area contributed by atoms with E-state index in [1.165, 1.54) is 96.6 Å². The Kier molecular flexibility index (Phi) is 5.85. The number of hydrogen-bond acceptors (Lipinski definition) is 1. The lowest BCUT2D eigenvalue weighted by molar-refractivity contribution is 1.63. The molecule has 0 fully saturated rings. The predicted molar refractivity (Wildman–Crippen MR) is 206 cm³/mol. The molecule has 0 saturated carbocycles. The summed E-state index contributed by atoms with van der Waals surface area (Å²) in [6.07, 6.45) is 0. The van der Waals surface area contributed by atoms with Crippen molar-refractivity contribution >= 4 is 74.6 Å². The van der Waals surface area contributed by atoms with E-state index in [1.54, 1.807) is 0 Å². The average Bonchev–Trinajstić information content (AvgIpc) is 3.53. The topological polar surface area (TPSA) is 0 Å². The van der Waals surface area contributed by atoms with Gasteiger partial charge in [-0.3, -0.25) is 0 Å². The van der Waals surface area contributed by atoms with Gasteiger partial charge in [0.1, 0.15) is 0 Å². The smallest absolute Gasteiger partial charge is 0.0434 e. The minimum absolute atomic E-state index is 1.23. The van der Waals surface area contributed by atoms with E-state index in [4.69, 9.17) is 0 Å². The van der Waals surface area contributed by atoms with Crippen molar-refractivity contribution in [3.05, 3.63) is 170 Å². The highest BCUT2D eigenvalue weighted by molar-refractivity contribution is 7.27. The molecule has 0 amide bonds. The van der Waals surface area contributed by atoms with Crippen LogP contribution in [0.15, 0.2) is 170 Å². The fourth-order valence-electron chi connectivity index (χ4n) is 7.68. The molecule has 0 unspecified atom stereocenters. The van der Waals surface area contributed by atoms with Gasteiger partial charge in [-0.05, 0) is 83.0 Å². The summed E-state index contributed by atoms with van der Waals surface area (Å²) < 4.78 is 2.71. The van der Waals surface area contributed by atoms with Crippen molar-refractivity contribution in [3.8, 4) is 33.4 Å². The average molecular weight is 613 g/mol. The lowest BCUT2D eigenvalue weighted by Gasteiger charge is -2.18. The van der Waals surface area contributed by atoms with E-state index in [-0.39, 0.29) is 0 Å². The van der Waals surface area contributed by atoms with Gasteiger partial charge in [0.2, 0.25) is 0 Å². The van der Waals surface area contributed by atoms with Gasteiger partial charge < -0.3 is 0 Å². The van der Waals surface area contributed by atoms with Gasteiger partial charge in [0.05, 0.1) is 0 Å². The lowest BCUT2D eigenvalue weighted by Crippen LogP contribution is -1.91. The maximum absolute atomic E-state index is 2.37. The van der Waals surface area contributed by atoms with E-state index in [0.717, 1.165) is 0 Å². The van der Waals surface area contributed by atoms with Crippen LogP contribution in [0.3, 0.4) is 0 Å². The number of benzene rings is 9. The van der Waals surface area contributed by atoms with Crippen molar-refractivity contribution in [2.45, 2.75) is 0 Å². The van der Waals surface area contributed by atoms with Crippen molar-refractivity contribution in [3.63, 3.8) is 0 Å². The van der Waals surface area contributed by atoms with E-state index in [2.05, 4.69) is 170 Å². The molecule has 218 valence electrons. The van der Waals surface area contributed by atoms with Crippen LogP contribution in [0.4, 0.5) is 0 Å². The molecule has 0 spiro atoms. The minimum Gasteiger partial charge on any atom is -0.134 e. The number of rotatable bonds is 3. The zero-order valence-corrected chi connectivity index (χ0v) is 26.4. The molecule has 1 heteroatoms. The fraction of sp³-hybridized carbons (Fsp3) is 0. The Labute approximate surface area is 276 Å². The minimum atomic E-state index is 1.23. The van der Waals surface area contributed by atoms with Crippen LogP contribution in [0.1, 0.15) is 0 Å². The molecule has 10 rings (SSSR count). The van der Waals surface area contributed by atoms with Gasteiger partial charge in [-0.25, -0.2) is 0 Å². The zero-order valence-electron chi connectivity index (χ0n) is 25.6. The lowest BCUT2D eigenvalue weighted by atomic mass is 9.85. The van der Waals surface area contributed by atoms with Crippen molar-refractivity contribution in [2.75, 3.05) is 0 Å². The van der Waals surface area contributed by atoms with Crippen molar-refractivity contribution in [1.82, 2.24) is 0 Å². The van der Waals surface area contributed by atoms with Crippen molar-refractivity contribution < 1.29 is 0 Å². The van der Waals surface area contributed by atoms with Gasteiger partial charge in [-0.15, -0.1) is 11.3 Å². The monoisotopic (exact) mass is 612 g/mol. The van der Waals surface area contributed by atoms with Gasteiger partial charge in [-0.1, -0.05) is 158 Å². The molecule has 0 nitrogen and oxygen atoms in total. The number of fused-ring (bicyclic) bond motifs is 8. The second kappa shape index (κ2) is 10.4. The summed E-state index contributed by atoms with van der Waals surface area (Å²) >= 11 is 1.93. The third kappa shape index (κ3) is 4.07. The molecule has 10 aromatic rings. The van der Waals surface area contributed by atoms with Gasteiger partial charge in [0.25, 0.3) is 0 Å². The fourth-order valence-corrected chi connectivity index (χ4v) is 9.03. The Morgan fingerprint density at radius 2 is 0.809 bits per heavy atom. The van der Waals surface area contributed by atoms with Gasteiger partial charge in [-0.2, -0.15) is 0 Å². The van der Waals surface area contributed by atoms with Gasteiger partial charge >= 0.3 is 0 Å². The quantitative estimate of drug-likeness (QED) is 0.174. The Balaban J connectivity index is 1.25. The van der Waals surface area contributed by atoms with E-state index in [0.29, 0.717) is 0 Å². The zero-order chi connectivity index (χ0) is 30.9. The molecule has 1 heterocycles. The van der Waals surface area contributed by atoms with E-state index in [9.17, 15) is 0 Å². The second-order valence-electron chi connectivity index (χ2n) is 12.4. The molecule has 0 aliphatic carbocycles. The van der Waals surface area contributed by atoms with Crippen LogP contribution in [0, 0.1) is 0 Å². The first-order valence-electron chi connectivity index (χ1n) is 16.2. The van der Waals surface area contributed by atoms with Crippen LogP contribution >= 0.6 is 11.3 Å². The van der Waals surface area contributed by atoms with Crippen LogP contribution < -0.4 is 0 Å². The third-order valence-corrected chi connectivity index (χ3v) is 11.1. The highest BCUT2D eigenvalue weighted by atomic mass is 32.1. The van der Waals surface area contributed by atoms with E-state index in [1.807, 2.05) is 11.3 Å². The summed E-state index contributed by atoms with van der Waals surface area (Å²) in [6.45, 7) is 0. The molecule has 0 N–H and O–H groups in total. The summed E-state index contributed by atoms with van der Waals surface area (Å²) in [5, 5.41) is 12.9. The van der Waals surface area contributed by atoms with Crippen molar-refractivity contribution in [1.29, 1.82) is 0 Å². The second-order valence-corrected chi connectivity index (χ2v) is 13.5. The SMILES string of the molecule is c1cc(-c2ccc3ccccc3c2)cc(-c2c3ccccc3c(-c3cccc4c3sc3c5ccccc5ccc43)c3ccccc23)c1. The molecule has 0 aliphatic heterocycles. The highest BCUT2D eigenvalue weighted by Crippen LogP contribution is 2.48. The molecule has 0 radical (unpaired) electrons. The van der Waals surface area contributed by atoms with Crippen LogP contribution in [-0.2, 0) is 0 Å². The summed E-state index contributed by atoms with van der Waals surface area (Å²) in [4.78, 5) is 0. The highest BCUT2D eigenvalue weighted by Gasteiger charge is 2.20. The van der Waals surface area contributed by atoms with E-state index >= 15 is 0 Å². The molecule has 1 aromatic heterocycles. The Morgan fingerprint density at radius 1 is 0.277 bits per heavy atom. The van der Waals surface area contributed by atoms with Crippen molar-refractivity contribution in [2.24, 2.45) is 0 Å². The van der Waals surface area contributed by atoms with Crippen LogP contribution in [0.2, 0.25) is 0 Å². The first kappa shape index (κ1) is 26.5. The molecule has 0 bridgehead atoms. The number of thiophene rings is 1. The summed E-state index contributed by atoms with van der Waals surface area (Å²) in [5.74, 6) is 0. The molecular formula is C46H28S. The van der Waals surface area contributed by atoms with Crippen LogP contribution in [0.5, 0.6) is 0 Å². The number of hydrogen-bond donors (Lipinski definition) is 0. The molecule has 47 heavy (non-hydrogen) atoms. The van der Waals surface area contributed by atoms with E-state index < -0.39 is 0 Å². The summed E-state index contributed by atoms with van der Waals surface area (Å²) in [6, 6.07) is 62.7. The third-order valence-electron chi connectivity index (χ3n) is 9.82. The van der Waals surface area contributed by atoms with Crippen LogP contribution in [0.25, 0.3) is 96.6 Å². The first-order chi connectivity index (χ1) is 23.3. The van der Waals surface area contributed by atoms with Crippen LogP contribution in [-0.4, -0.2) is 0 Å². The summed E-state index contributed by atoms with van der Waals surface area (Å²) in [7, 11) is 0. The maximum atomic E-state index is 2.37.